The third-order valence-corrected chi connectivity index (χ3v) is 4.47. The Bertz CT molecular complexity index is 444. The number of carbonyl (C=O) groups is 2. The van der Waals surface area contributed by atoms with Gasteiger partial charge < -0.3 is 31.4 Å². The lowest BCUT2D eigenvalue weighted by atomic mass is 10.1. The van der Waals surface area contributed by atoms with E-state index in [-0.39, 0.29) is 48.9 Å². The maximum absolute atomic E-state index is 13.0. The van der Waals surface area contributed by atoms with Crippen LogP contribution >= 0.6 is 24.8 Å². The molecule has 1 amide bonds. The van der Waals surface area contributed by atoms with Gasteiger partial charge in [-0.2, -0.15) is 0 Å². The molecule has 9 nitrogen and oxygen atoms in total. The number of amides is 1. The van der Waals surface area contributed by atoms with Crippen LogP contribution in [0.5, 0.6) is 0 Å². The minimum atomic E-state index is -0.481. The van der Waals surface area contributed by atoms with Crippen LogP contribution in [0.25, 0.3) is 0 Å². The minimum absolute atomic E-state index is 0. The van der Waals surface area contributed by atoms with Crippen LogP contribution in [0, 0.1) is 5.41 Å². The number of rotatable bonds is 8. The van der Waals surface area contributed by atoms with E-state index in [0.29, 0.717) is 25.9 Å². The van der Waals surface area contributed by atoms with Crippen LogP contribution in [0.4, 0.5) is 0 Å². The van der Waals surface area contributed by atoms with Crippen molar-refractivity contribution in [3.05, 3.63) is 0 Å². The fourth-order valence-electron chi connectivity index (χ4n) is 3.27. The van der Waals surface area contributed by atoms with Gasteiger partial charge in [-0.3, -0.25) is 15.5 Å². The van der Waals surface area contributed by atoms with E-state index in [0.717, 1.165) is 38.8 Å². The van der Waals surface area contributed by atoms with Crippen LogP contribution in [-0.4, -0.2) is 74.0 Å². The molecule has 0 aliphatic carbocycles. The van der Waals surface area contributed by atoms with Crippen LogP contribution < -0.4 is 27.0 Å². The zero-order chi connectivity index (χ0) is 17.4. The van der Waals surface area contributed by atoms with Crippen molar-refractivity contribution in [3.8, 4) is 0 Å². The molecule has 0 saturated carbocycles. The van der Waals surface area contributed by atoms with Crippen LogP contribution in [0.2, 0.25) is 0 Å². The molecule has 26 heavy (non-hydrogen) atoms. The highest BCUT2D eigenvalue weighted by Gasteiger charge is 2.36. The van der Waals surface area contributed by atoms with E-state index in [1.54, 1.807) is 4.90 Å². The SMILES string of the molecule is Cl.Cl.N=C(N)NCCC[C@@H](C=O)N(C(=O)[C@@H]1CCCN1)C1CNCCN1. The molecule has 1 unspecified atom stereocenters. The van der Waals surface area contributed by atoms with Gasteiger partial charge in [-0.15, -0.1) is 24.8 Å². The molecule has 2 aliphatic heterocycles. The summed E-state index contributed by atoms with van der Waals surface area (Å²) in [6.45, 7) is 3.61. The molecule has 0 spiro atoms. The maximum Gasteiger partial charge on any atom is 0.241 e. The Morgan fingerprint density at radius 2 is 2.08 bits per heavy atom. The lowest BCUT2D eigenvalue weighted by Gasteiger charge is -2.40. The standard InChI is InChI=1S/C15H29N7O2.2ClH/c16-15(17)21-6-1-3-11(10-23)22(13-9-18-7-8-20-13)14(24)12-4-2-5-19-12;;/h10-13,18-20H,1-9H2,(H4,16,17,21);2*1H/t11-,12-,13?;;/m0../s1. The Kier molecular flexibility index (Phi) is 12.5. The third kappa shape index (κ3) is 7.24. The van der Waals surface area contributed by atoms with Gasteiger partial charge in [0.05, 0.1) is 18.2 Å². The highest BCUT2D eigenvalue weighted by atomic mass is 35.5. The topological polar surface area (TPSA) is 135 Å². The van der Waals surface area contributed by atoms with Crippen LogP contribution in [0.3, 0.4) is 0 Å². The second-order valence-corrected chi connectivity index (χ2v) is 6.25. The molecule has 2 heterocycles. The molecule has 0 aromatic carbocycles. The zero-order valence-electron chi connectivity index (χ0n) is 14.8. The van der Waals surface area contributed by atoms with Crippen molar-refractivity contribution in [2.45, 2.75) is 43.9 Å². The van der Waals surface area contributed by atoms with E-state index in [1.807, 2.05) is 0 Å². The molecule has 3 atom stereocenters. The first-order valence-electron chi connectivity index (χ1n) is 8.66. The van der Waals surface area contributed by atoms with Gasteiger partial charge in [0.25, 0.3) is 0 Å². The smallest absolute Gasteiger partial charge is 0.241 e. The fourth-order valence-corrected chi connectivity index (χ4v) is 3.27. The molecule has 0 aromatic heterocycles. The Morgan fingerprint density at radius 3 is 2.62 bits per heavy atom. The van der Waals surface area contributed by atoms with Crippen molar-refractivity contribution in [3.63, 3.8) is 0 Å². The first-order chi connectivity index (χ1) is 11.6. The average molecular weight is 412 g/mol. The third-order valence-electron chi connectivity index (χ3n) is 4.47. The Hall–Kier alpha value is -1.13. The van der Waals surface area contributed by atoms with Crippen molar-refractivity contribution in [2.24, 2.45) is 5.73 Å². The van der Waals surface area contributed by atoms with E-state index in [2.05, 4.69) is 21.3 Å². The molecule has 11 heteroatoms. The summed E-state index contributed by atoms with van der Waals surface area (Å²) in [5.74, 6) is -0.0933. The summed E-state index contributed by atoms with van der Waals surface area (Å²) < 4.78 is 0. The lowest BCUT2D eigenvalue weighted by Crippen LogP contribution is -2.64. The van der Waals surface area contributed by atoms with Gasteiger partial charge in [-0.05, 0) is 32.2 Å². The predicted molar refractivity (Wildman–Crippen MR) is 106 cm³/mol. The van der Waals surface area contributed by atoms with Crippen LogP contribution in [0.15, 0.2) is 0 Å². The number of nitrogens with one attached hydrogen (secondary N) is 5. The normalized spacial score (nSPS) is 23.1. The largest absolute Gasteiger partial charge is 0.370 e. The summed E-state index contributed by atoms with van der Waals surface area (Å²) in [6.07, 6.45) is 3.68. The summed E-state index contributed by atoms with van der Waals surface area (Å²) in [5.41, 5.74) is 5.26. The Labute approximate surface area is 166 Å². The molecule has 2 saturated heterocycles. The van der Waals surface area contributed by atoms with Crippen LogP contribution in [0.1, 0.15) is 25.7 Å². The number of halogens is 2. The number of hydrogen-bond donors (Lipinski definition) is 6. The first-order valence-corrected chi connectivity index (χ1v) is 8.66. The van der Waals surface area contributed by atoms with E-state index < -0.39 is 6.04 Å². The van der Waals surface area contributed by atoms with Crippen molar-refractivity contribution < 1.29 is 9.59 Å². The van der Waals surface area contributed by atoms with E-state index >= 15 is 0 Å². The van der Waals surface area contributed by atoms with Gasteiger partial charge in [0.1, 0.15) is 6.29 Å². The molecule has 2 fully saturated rings. The number of piperazine rings is 1. The van der Waals surface area contributed by atoms with Gasteiger partial charge in [0, 0.05) is 26.2 Å². The highest BCUT2D eigenvalue weighted by molar-refractivity contribution is 5.86. The monoisotopic (exact) mass is 411 g/mol. The predicted octanol–water partition coefficient (Wildman–Crippen LogP) is -1.24. The van der Waals surface area contributed by atoms with Gasteiger partial charge in [0.15, 0.2) is 5.96 Å². The number of nitrogens with two attached hydrogens (primary N) is 1. The van der Waals surface area contributed by atoms with Crippen molar-refractivity contribution in [1.82, 2.24) is 26.2 Å². The molecule has 0 aromatic rings. The molecular weight excluding hydrogens is 381 g/mol. The van der Waals surface area contributed by atoms with Crippen molar-refractivity contribution >= 4 is 43.0 Å². The molecule has 7 N–H and O–H groups in total. The maximum atomic E-state index is 13.0. The average Bonchev–Trinajstić information content (AvgIpc) is 3.12. The molecule has 0 radical (unpaired) electrons. The fraction of sp³-hybridized carbons (Fsp3) is 0.800. The van der Waals surface area contributed by atoms with Crippen molar-refractivity contribution in [2.75, 3.05) is 32.7 Å². The summed E-state index contributed by atoms with van der Waals surface area (Å²) in [4.78, 5) is 26.3. The van der Waals surface area contributed by atoms with Gasteiger partial charge in [0.2, 0.25) is 5.91 Å². The van der Waals surface area contributed by atoms with Gasteiger partial charge in [-0.25, -0.2) is 0 Å². The number of guanidine groups is 1. The van der Waals surface area contributed by atoms with Crippen molar-refractivity contribution in [1.29, 1.82) is 5.41 Å². The Morgan fingerprint density at radius 1 is 1.31 bits per heavy atom. The molecular formula is C15H31Cl2N7O2. The zero-order valence-corrected chi connectivity index (χ0v) is 16.5. The van der Waals surface area contributed by atoms with E-state index in [1.165, 1.54) is 0 Å². The van der Waals surface area contributed by atoms with Gasteiger partial charge in [-0.1, -0.05) is 0 Å². The summed E-state index contributed by atoms with van der Waals surface area (Å²) in [5, 5.41) is 19.7. The number of aldehydes is 1. The number of hydrogen-bond acceptors (Lipinski definition) is 6. The minimum Gasteiger partial charge on any atom is -0.370 e. The molecule has 2 rings (SSSR count). The number of nitrogens with zero attached hydrogens (tertiary/aromatic N) is 1. The van der Waals surface area contributed by atoms with Crippen LogP contribution in [-0.2, 0) is 9.59 Å². The lowest BCUT2D eigenvalue weighted by molar-refractivity contribution is -0.142. The highest BCUT2D eigenvalue weighted by Crippen LogP contribution is 2.16. The van der Waals surface area contributed by atoms with E-state index in [4.69, 9.17) is 11.1 Å². The summed E-state index contributed by atoms with van der Waals surface area (Å²) >= 11 is 0. The molecule has 2 aliphatic rings. The van der Waals surface area contributed by atoms with Gasteiger partial charge >= 0.3 is 0 Å². The number of carbonyl (C=O) groups excluding carboxylic acids is 2. The first kappa shape index (κ1) is 24.9. The second-order valence-electron chi connectivity index (χ2n) is 6.25. The molecule has 152 valence electrons. The quantitative estimate of drug-likeness (QED) is 0.127. The summed E-state index contributed by atoms with van der Waals surface area (Å²) in [6, 6.07) is -0.683. The second kappa shape index (κ2) is 13.1. The Balaban J connectivity index is 0.00000312. The summed E-state index contributed by atoms with van der Waals surface area (Å²) in [7, 11) is 0. The van der Waals surface area contributed by atoms with E-state index in [9.17, 15) is 9.59 Å². The molecule has 0 bridgehead atoms.